The maximum Gasteiger partial charge on any atom is 0.338 e. The normalized spacial score (nSPS) is 12.5. The summed E-state index contributed by atoms with van der Waals surface area (Å²) in [6.07, 6.45) is 0. The van der Waals surface area contributed by atoms with Crippen molar-refractivity contribution in [1.29, 1.82) is 0 Å². The lowest BCUT2D eigenvalue weighted by Crippen LogP contribution is -2.29. The van der Waals surface area contributed by atoms with Gasteiger partial charge in [0, 0.05) is 10.7 Å². The van der Waals surface area contributed by atoms with Crippen molar-refractivity contribution in [2.45, 2.75) is 6.92 Å². The Morgan fingerprint density at radius 1 is 0.938 bits per heavy atom. The Bertz CT molecular complexity index is 1240. The molecule has 3 amide bonds. The van der Waals surface area contributed by atoms with E-state index in [-0.39, 0.29) is 11.3 Å². The molecular weight excluding hydrogens is 432 g/mol. The van der Waals surface area contributed by atoms with E-state index in [1.54, 1.807) is 55.5 Å². The van der Waals surface area contributed by atoms with Gasteiger partial charge in [-0.15, -0.1) is 0 Å². The van der Waals surface area contributed by atoms with Crippen molar-refractivity contribution < 1.29 is 23.9 Å². The number of imide groups is 1. The van der Waals surface area contributed by atoms with Crippen LogP contribution in [-0.2, 0) is 9.53 Å². The molecule has 0 spiro atoms. The predicted octanol–water partition coefficient (Wildman–Crippen LogP) is 4.24. The van der Waals surface area contributed by atoms with Crippen LogP contribution in [-0.4, -0.2) is 30.3 Å². The molecule has 3 aromatic carbocycles. The van der Waals surface area contributed by atoms with Gasteiger partial charge in [0.2, 0.25) is 0 Å². The lowest BCUT2D eigenvalue weighted by atomic mass is 10.1. The number of halogens is 1. The number of rotatable bonds is 5. The number of esters is 1. The van der Waals surface area contributed by atoms with Crippen molar-refractivity contribution in [2.75, 3.05) is 16.8 Å². The molecule has 0 radical (unpaired) electrons. The molecule has 0 saturated heterocycles. The van der Waals surface area contributed by atoms with Crippen molar-refractivity contribution >= 4 is 46.7 Å². The van der Waals surface area contributed by atoms with Crippen LogP contribution in [0.25, 0.3) is 0 Å². The van der Waals surface area contributed by atoms with Crippen molar-refractivity contribution in [3.8, 4) is 0 Å². The number of hydrogen-bond donors (Lipinski definition) is 1. The van der Waals surface area contributed by atoms with Crippen LogP contribution in [0.15, 0.2) is 66.7 Å². The quantitative estimate of drug-likeness (QED) is 0.465. The summed E-state index contributed by atoms with van der Waals surface area (Å²) in [4.78, 5) is 50.9. The molecule has 0 atom stereocenters. The molecule has 1 aliphatic heterocycles. The van der Waals surface area contributed by atoms with Gasteiger partial charge in [0.15, 0.2) is 6.61 Å². The number of anilines is 2. The van der Waals surface area contributed by atoms with E-state index in [2.05, 4.69) is 5.32 Å². The van der Waals surface area contributed by atoms with E-state index in [9.17, 15) is 19.2 Å². The number of fused-ring (bicyclic) bond motifs is 1. The maximum absolute atomic E-state index is 12.7. The zero-order valence-electron chi connectivity index (χ0n) is 16.9. The highest BCUT2D eigenvalue weighted by molar-refractivity contribution is 6.34. The Hall–Kier alpha value is -3.97. The molecular formula is C24H17ClN2O5. The summed E-state index contributed by atoms with van der Waals surface area (Å²) in [6.45, 7) is 1.29. The van der Waals surface area contributed by atoms with Gasteiger partial charge in [-0.2, -0.15) is 0 Å². The first-order valence-electron chi connectivity index (χ1n) is 9.66. The van der Waals surface area contributed by atoms with E-state index in [1.165, 1.54) is 18.2 Å². The zero-order chi connectivity index (χ0) is 22.8. The summed E-state index contributed by atoms with van der Waals surface area (Å²) < 4.78 is 5.09. The Morgan fingerprint density at radius 2 is 1.62 bits per heavy atom. The molecule has 1 aliphatic rings. The molecule has 8 heteroatoms. The maximum atomic E-state index is 12.7. The van der Waals surface area contributed by atoms with E-state index in [0.717, 1.165) is 10.5 Å². The highest BCUT2D eigenvalue weighted by Crippen LogP contribution is 2.29. The summed E-state index contributed by atoms with van der Waals surface area (Å²) >= 11 is 5.90. The van der Waals surface area contributed by atoms with Crippen LogP contribution in [0.5, 0.6) is 0 Å². The van der Waals surface area contributed by atoms with Gasteiger partial charge in [-0.3, -0.25) is 14.4 Å². The first kappa shape index (κ1) is 21.3. The number of amides is 3. The van der Waals surface area contributed by atoms with E-state index < -0.39 is 30.3 Å². The van der Waals surface area contributed by atoms with Crippen LogP contribution in [0.4, 0.5) is 11.4 Å². The van der Waals surface area contributed by atoms with Crippen LogP contribution in [0.3, 0.4) is 0 Å². The van der Waals surface area contributed by atoms with Gasteiger partial charge in [0.25, 0.3) is 17.7 Å². The third-order valence-electron chi connectivity index (χ3n) is 4.93. The van der Waals surface area contributed by atoms with Crippen LogP contribution in [0, 0.1) is 6.92 Å². The first-order chi connectivity index (χ1) is 15.3. The largest absolute Gasteiger partial charge is 0.452 e. The Labute approximate surface area is 188 Å². The molecule has 1 heterocycles. The molecule has 0 unspecified atom stereocenters. The number of aryl methyl sites for hydroxylation is 1. The summed E-state index contributed by atoms with van der Waals surface area (Å²) in [5, 5.41) is 3.20. The third-order valence-corrected chi connectivity index (χ3v) is 5.17. The minimum Gasteiger partial charge on any atom is -0.452 e. The molecule has 3 aromatic rings. The lowest BCUT2D eigenvalue weighted by molar-refractivity contribution is -0.119. The van der Waals surface area contributed by atoms with Crippen LogP contribution >= 0.6 is 11.6 Å². The number of nitrogens with one attached hydrogen (secondary N) is 1. The number of carbonyl (C=O) groups is 4. The summed E-state index contributed by atoms with van der Waals surface area (Å²) in [6, 6.07) is 17.5. The molecule has 4 rings (SSSR count). The second kappa shape index (κ2) is 8.64. The minimum absolute atomic E-state index is 0.106. The van der Waals surface area contributed by atoms with Gasteiger partial charge in [0.1, 0.15) is 0 Å². The monoisotopic (exact) mass is 448 g/mol. The Kier molecular flexibility index (Phi) is 5.75. The molecule has 1 N–H and O–H groups in total. The standard InChI is InChI=1S/C24H17ClN2O5/c1-14-11-16(25)9-10-20(14)26-21(28)13-32-24(31)15-5-4-6-17(12-15)27-22(29)18-7-2-3-8-19(18)23(27)30/h2-12H,13H2,1H3,(H,26,28). The van der Waals surface area contributed by atoms with Crippen molar-refractivity contribution in [3.63, 3.8) is 0 Å². The lowest BCUT2D eigenvalue weighted by Gasteiger charge is -2.15. The van der Waals surface area contributed by atoms with Crippen molar-refractivity contribution in [1.82, 2.24) is 0 Å². The van der Waals surface area contributed by atoms with Gasteiger partial charge >= 0.3 is 5.97 Å². The molecule has 0 saturated carbocycles. The third kappa shape index (κ3) is 4.10. The van der Waals surface area contributed by atoms with Crippen LogP contribution in [0.1, 0.15) is 36.6 Å². The molecule has 0 aromatic heterocycles. The second-order valence-electron chi connectivity index (χ2n) is 7.13. The summed E-state index contributed by atoms with van der Waals surface area (Å²) in [5.41, 5.74) is 2.29. The molecule has 0 aliphatic carbocycles. The summed E-state index contributed by atoms with van der Waals surface area (Å²) in [5.74, 6) is -2.20. The number of carbonyl (C=O) groups excluding carboxylic acids is 4. The van der Waals surface area contributed by atoms with Crippen LogP contribution < -0.4 is 10.2 Å². The van der Waals surface area contributed by atoms with Gasteiger partial charge in [-0.05, 0) is 61.0 Å². The molecule has 32 heavy (non-hydrogen) atoms. The fourth-order valence-electron chi connectivity index (χ4n) is 3.36. The minimum atomic E-state index is -0.758. The fourth-order valence-corrected chi connectivity index (χ4v) is 3.59. The molecule has 160 valence electrons. The SMILES string of the molecule is Cc1cc(Cl)ccc1NC(=O)COC(=O)c1cccc(N2C(=O)c3ccccc3C2=O)c1. The fraction of sp³-hybridized carbons (Fsp3) is 0.0833. The average molecular weight is 449 g/mol. The molecule has 0 fully saturated rings. The predicted molar refractivity (Wildman–Crippen MR) is 119 cm³/mol. The first-order valence-corrected chi connectivity index (χ1v) is 10.0. The number of hydrogen-bond acceptors (Lipinski definition) is 5. The number of ether oxygens (including phenoxy) is 1. The highest BCUT2D eigenvalue weighted by atomic mass is 35.5. The number of benzene rings is 3. The molecule has 0 bridgehead atoms. The van der Waals surface area contributed by atoms with Gasteiger partial charge in [-0.25, -0.2) is 9.69 Å². The van der Waals surface area contributed by atoms with E-state index in [4.69, 9.17) is 16.3 Å². The Morgan fingerprint density at radius 3 is 2.28 bits per heavy atom. The highest BCUT2D eigenvalue weighted by Gasteiger charge is 2.36. The average Bonchev–Trinajstić information content (AvgIpc) is 3.04. The van der Waals surface area contributed by atoms with Gasteiger partial charge < -0.3 is 10.1 Å². The number of nitrogens with zero attached hydrogens (tertiary/aromatic N) is 1. The Balaban J connectivity index is 1.43. The van der Waals surface area contributed by atoms with Crippen molar-refractivity contribution in [2.24, 2.45) is 0 Å². The van der Waals surface area contributed by atoms with Gasteiger partial charge in [0.05, 0.1) is 22.4 Å². The topological polar surface area (TPSA) is 92.8 Å². The van der Waals surface area contributed by atoms with E-state index in [0.29, 0.717) is 21.8 Å². The van der Waals surface area contributed by atoms with Crippen LogP contribution in [0.2, 0.25) is 5.02 Å². The van der Waals surface area contributed by atoms with E-state index >= 15 is 0 Å². The van der Waals surface area contributed by atoms with Crippen molar-refractivity contribution in [3.05, 3.63) is 94.0 Å². The smallest absolute Gasteiger partial charge is 0.338 e. The van der Waals surface area contributed by atoms with Gasteiger partial charge in [-0.1, -0.05) is 29.8 Å². The summed E-state index contributed by atoms with van der Waals surface area (Å²) in [7, 11) is 0. The zero-order valence-corrected chi connectivity index (χ0v) is 17.7. The van der Waals surface area contributed by atoms with E-state index in [1.807, 2.05) is 0 Å². The molecule has 7 nitrogen and oxygen atoms in total. The second-order valence-corrected chi connectivity index (χ2v) is 7.56.